The third-order valence-electron chi connectivity index (χ3n) is 7.12. The zero-order chi connectivity index (χ0) is 28.9. The Morgan fingerprint density at radius 2 is 1.98 bits per heavy atom. The maximum absolute atomic E-state index is 13.9. The number of thiophene rings is 1. The van der Waals surface area contributed by atoms with Gasteiger partial charge in [-0.15, -0.1) is 11.3 Å². The molecule has 11 heteroatoms. The first-order chi connectivity index (χ1) is 19.9. The lowest BCUT2D eigenvalue weighted by atomic mass is 10.1. The van der Waals surface area contributed by atoms with Crippen LogP contribution in [0.5, 0.6) is 0 Å². The number of fused-ring (bicyclic) bond motifs is 1. The van der Waals surface area contributed by atoms with Crippen molar-refractivity contribution in [2.75, 3.05) is 25.1 Å². The van der Waals surface area contributed by atoms with Crippen molar-refractivity contribution in [1.29, 1.82) is 5.26 Å². The molecule has 1 amide bonds. The van der Waals surface area contributed by atoms with Crippen molar-refractivity contribution in [1.82, 2.24) is 14.9 Å². The lowest BCUT2D eigenvalue weighted by Gasteiger charge is -2.33. The highest BCUT2D eigenvalue weighted by Gasteiger charge is 2.27. The van der Waals surface area contributed by atoms with Gasteiger partial charge in [0.25, 0.3) is 11.5 Å². The molecule has 0 bridgehead atoms. The molecule has 2 aromatic carbocycles. The Balaban J connectivity index is 1.52. The molecular weight excluding hydrogens is 540 g/mol. The maximum Gasteiger partial charge on any atom is 0.328 e. The second-order valence-electron chi connectivity index (χ2n) is 9.98. The van der Waals surface area contributed by atoms with Gasteiger partial charge in [-0.3, -0.25) is 14.2 Å². The fourth-order valence-electron chi connectivity index (χ4n) is 5.04. The number of nitrogens with two attached hydrogens (primary N) is 1. The van der Waals surface area contributed by atoms with Crippen LogP contribution in [-0.4, -0.2) is 53.7 Å². The number of carbonyl (C=O) groups excluding carboxylic acids is 2. The standard InChI is InChI=1S/C30H30N6O4S/c1-40-29(39)24(14-19-8-3-2-4-9-19)33-27(37)25-15-23-26(41-25)28(38)36(17-21-11-6-5-10-20(21)16-31)30(34-23)35-13-7-12-22(32)18-35/h2-6,8-11,15,22,24H,7,12-14,17-18,32H2,1H3,(H,33,37). The Kier molecular flexibility index (Phi) is 8.42. The van der Waals surface area contributed by atoms with E-state index < -0.39 is 17.9 Å². The third-order valence-corrected chi connectivity index (χ3v) is 8.23. The second-order valence-corrected chi connectivity index (χ2v) is 11.0. The highest BCUT2D eigenvalue weighted by Crippen LogP contribution is 2.26. The van der Waals surface area contributed by atoms with Crippen LogP contribution in [0.4, 0.5) is 5.95 Å². The van der Waals surface area contributed by atoms with Crippen molar-refractivity contribution in [2.45, 2.75) is 37.9 Å². The molecular formula is C30H30N6O4S. The Labute approximate surface area is 241 Å². The highest BCUT2D eigenvalue weighted by atomic mass is 32.1. The summed E-state index contributed by atoms with van der Waals surface area (Å²) in [4.78, 5) is 46.8. The van der Waals surface area contributed by atoms with Gasteiger partial charge in [0.1, 0.15) is 10.7 Å². The van der Waals surface area contributed by atoms with Gasteiger partial charge in [-0.1, -0.05) is 48.5 Å². The number of aromatic nitrogens is 2. The first kappa shape index (κ1) is 28.0. The molecule has 41 heavy (non-hydrogen) atoms. The zero-order valence-electron chi connectivity index (χ0n) is 22.6. The molecule has 1 aliphatic heterocycles. The molecule has 3 N–H and O–H groups in total. The summed E-state index contributed by atoms with van der Waals surface area (Å²) in [5.41, 5.74) is 8.36. The van der Waals surface area contributed by atoms with Crippen LogP contribution in [0.2, 0.25) is 0 Å². The summed E-state index contributed by atoms with van der Waals surface area (Å²) in [5.74, 6) is -0.614. The molecule has 2 unspecified atom stereocenters. The molecule has 10 nitrogen and oxygen atoms in total. The fourth-order valence-corrected chi connectivity index (χ4v) is 5.99. The van der Waals surface area contributed by atoms with Gasteiger partial charge in [0, 0.05) is 25.6 Å². The number of ether oxygens (including phenoxy) is 1. The average molecular weight is 571 g/mol. The zero-order valence-corrected chi connectivity index (χ0v) is 23.4. The number of anilines is 1. The molecule has 1 saturated heterocycles. The molecule has 0 aliphatic carbocycles. The number of methoxy groups -OCH3 is 1. The summed E-state index contributed by atoms with van der Waals surface area (Å²) >= 11 is 1.02. The molecule has 1 aliphatic rings. The maximum atomic E-state index is 13.9. The number of nitrogens with one attached hydrogen (secondary N) is 1. The summed E-state index contributed by atoms with van der Waals surface area (Å²) in [7, 11) is 1.27. The van der Waals surface area contributed by atoms with E-state index in [2.05, 4.69) is 11.4 Å². The quantitative estimate of drug-likeness (QED) is 0.308. The largest absolute Gasteiger partial charge is 0.467 e. The summed E-state index contributed by atoms with van der Waals surface area (Å²) in [6.45, 7) is 1.37. The normalized spacial score (nSPS) is 15.7. The summed E-state index contributed by atoms with van der Waals surface area (Å²) < 4.78 is 6.80. The Bertz CT molecular complexity index is 1680. The Morgan fingerprint density at radius 3 is 2.71 bits per heavy atom. The predicted molar refractivity (Wildman–Crippen MR) is 157 cm³/mol. The number of nitrogens with zero attached hydrogens (tertiary/aromatic N) is 4. The second kappa shape index (κ2) is 12.3. The van der Waals surface area contributed by atoms with E-state index >= 15 is 0 Å². The van der Waals surface area contributed by atoms with E-state index in [0.717, 1.165) is 29.7 Å². The van der Waals surface area contributed by atoms with E-state index in [4.69, 9.17) is 15.5 Å². The lowest BCUT2D eigenvalue weighted by molar-refractivity contribution is -0.142. The first-order valence-electron chi connectivity index (χ1n) is 13.3. The molecule has 2 atom stereocenters. The van der Waals surface area contributed by atoms with E-state index in [0.29, 0.717) is 40.4 Å². The average Bonchev–Trinajstić information content (AvgIpc) is 3.43. The van der Waals surface area contributed by atoms with Crippen molar-refractivity contribution in [2.24, 2.45) is 5.73 Å². The monoisotopic (exact) mass is 570 g/mol. The topological polar surface area (TPSA) is 143 Å². The predicted octanol–water partition coefficient (Wildman–Crippen LogP) is 2.82. The van der Waals surface area contributed by atoms with Gasteiger partial charge in [-0.2, -0.15) is 5.26 Å². The minimum atomic E-state index is -0.905. The Hall–Kier alpha value is -4.53. The molecule has 0 spiro atoms. The van der Waals surface area contributed by atoms with Crippen LogP contribution in [0.3, 0.4) is 0 Å². The smallest absolute Gasteiger partial charge is 0.328 e. The van der Waals surface area contributed by atoms with Crippen LogP contribution in [0.1, 0.15) is 39.2 Å². The molecule has 0 saturated carbocycles. The highest BCUT2D eigenvalue weighted by molar-refractivity contribution is 7.20. The molecule has 4 aromatic rings. The van der Waals surface area contributed by atoms with Crippen LogP contribution < -0.4 is 21.5 Å². The van der Waals surface area contributed by atoms with Crippen LogP contribution in [-0.2, 0) is 22.5 Å². The van der Waals surface area contributed by atoms with E-state index in [9.17, 15) is 19.6 Å². The number of rotatable bonds is 8. The van der Waals surface area contributed by atoms with Crippen LogP contribution in [0.25, 0.3) is 10.2 Å². The van der Waals surface area contributed by atoms with Gasteiger partial charge in [0.15, 0.2) is 0 Å². The first-order valence-corrected chi connectivity index (χ1v) is 14.1. The van der Waals surface area contributed by atoms with Gasteiger partial charge in [-0.25, -0.2) is 9.78 Å². The summed E-state index contributed by atoms with van der Waals surface area (Å²) in [6, 6.07) is 19.3. The van der Waals surface area contributed by atoms with Gasteiger partial charge < -0.3 is 20.7 Å². The minimum Gasteiger partial charge on any atom is -0.467 e. The van der Waals surface area contributed by atoms with Crippen LogP contribution >= 0.6 is 11.3 Å². The molecule has 5 rings (SSSR count). The third kappa shape index (κ3) is 6.14. The van der Waals surface area contributed by atoms with Crippen molar-refractivity contribution < 1.29 is 14.3 Å². The van der Waals surface area contributed by atoms with E-state index in [1.807, 2.05) is 47.4 Å². The number of esters is 1. The number of hydrogen-bond acceptors (Lipinski definition) is 9. The number of piperidine rings is 1. The van der Waals surface area contributed by atoms with Gasteiger partial charge in [-0.05, 0) is 36.1 Å². The van der Waals surface area contributed by atoms with Crippen LogP contribution in [0, 0.1) is 11.3 Å². The lowest BCUT2D eigenvalue weighted by Crippen LogP contribution is -2.45. The summed E-state index contributed by atoms with van der Waals surface area (Å²) in [5, 5.41) is 12.4. The number of hydrogen-bond donors (Lipinski definition) is 2. The van der Waals surface area contributed by atoms with E-state index in [1.165, 1.54) is 7.11 Å². The molecule has 3 heterocycles. The van der Waals surface area contributed by atoms with Gasteiger partial charge >= 0.3 is 5.97 Å². The van der Waals surface area contributed by atoms with Crippen LogP contribution in [0.15, 0.2) is 65.5 Å². The SMILES string of the molecule is COC(=O)C(Cc1ccccc1)NC(=O)c1cc2nc(N3CCCC(N)C3)n(Cc3ccccc3C#N)c(=O)c2s1. The summed E-state index contributed by atoms with van der Waals surface area (Å²) in [6.07, 6.45) is 2.00. The van der Waals surface area contributed by atoms with Crippen molar-refractivity contribution >= 4 is 39.4 Å². The molecule has 2 aromatic heterocycles. The number of nitriles is 1. The number of carbonyl (C=O) groups is 2. The van der Waals surface area contributed by atoms with E-state index in [-0.39, 0.29) is 29.4 Å². The Morgan fingerprint density at radius 1 is 1.22 bits per heavy atom. The van der Waals surface area contributed by atoms with Crippen molar-refractivity contribution in [3.05, 3.63) is 92.6 Å². The molecule has 1 fully saturated rings. The number of benzene rings is 2. The van der Waals surface area contributed by atoms with E-state index in [1.54, 1.807) is 22.8 Å². The minimum absolute atomic E-state index is 0.0557. The van der Waals surface area contributed by atoms with Gasteiger partial charge in [0.05, 0.1) is 35.7 Å². The molecule has 0 radical (unpaired) electrons. The van der Waals surface area contributed by atoms with Crippen molar-refractivity contribution in [3.63, 3.8) is 0 Å². The van der Waals surface area contributed by atoms with Crippen molar-refractivity contribution in [3.8, 4) is 6.07 Å². The number of amides is 1. The molecule has 210 valence electrons. The van der Waals surface area contributed by atoms with Gasteiger partial charge in [0.2, 0.25) is 5.95 Å². The fraction of sp³-hybridized carbons (Fsp3) is 0.300.